The van der Waals surface area contributed by atoms with Gasteiger partial charge in [-0.2, -0.15) is 0 Å². The lowest BCUT2D eigenvalue weighted by molar-refractivity contribution is 0.550. The van der Waals surface area contributed by atoms with Gasteiger partial charge in [0.2, 0.25) is 0 Å². The summed E-state index contributed by atoms with van der Waals surface area (Å²) in [5.74, 6) is 1.03. The maximum Gasteiger partial charge on any atom is 0.152 e. The van der Waals surface area contributed by atoms with Gasteiger partial charge in [-0.1, -0.05) is 28.9 Å². The average molecular weight is 350 g/mol. The number of anilines is 1. The van der Waals surface area contributed by atoms with E-state index in [-0.39, 0.29) is 0 Å². The largest absolute Gasteiger partial charge is 0.362 e. The van der Waals surface area contributed by atoms with Crippen molar-refractivity contribution in [3.05, 3.63) is 40.4 Å². The molecule has 1 aromatic heterocycles. The molecular weight excluding hydrogens is 330 g/mol. The van der Waals surface area contributed by atoms with E-state index in [0.29, 0.717) is 6.04 Å². The molecule has 21 heavy (non-hydrogen) atoms. The van der Waals surface area contributed by atoms with Crippen LogP contribution in [0.25, 0.3) is 0 Å². The Hall–Kier alpha value is -1.40. The summed E-state index contributed by atoms with van der Waals surface area (Å²) in [6.07, 6.45) is 1.82. The fourth-order valence-corrected chi connectivity index (χ4v) is 3.19. The zero-order valence-electron chi connectivity index (χ0n) is 12.4. The molecule has 2 aromatic rings. The first-order valence-electron chi connectivity index (χ1n) is 7.33. The zero-order chi connectivity index (χ0) is 14.8. The molecule has 0 aliphatic carbocycles. The third kappa shape index (κ3) is 2.96. The molecule has 5 nitrogen and oxygen atoms in total. The van der Waals surface area contributed by atoms with Gasteiger partial charge in [0.05, 0.1) is 6.54 Å². The van der Waals surface area contributed by atoms with Gasteiger partial charge in [-0.25, -0.2) is 0 Å². The highest BCUT2D eigenvalue weighted by Crippen LogP contribution is 2.31. The van der Waals surface area contributed by atoms with Crippen molar-refractivity contribution in [2.24, 2.45) is 0 Å². The van der Waals surface area contributed by atoms with E-state index in [2.05, 4.69) is 73.0 Å². The quantitative estimate of drug-likeness (QED) is 0.921. The number of benzene rings is 1. The Morgan fingerprint density at radius 1 is 1.38 bits per heavy atom. The van der Waals surface area contributed by atoms with E-state index in [1.54, 1.807) is 0 Å². The molecule has 0 spiro atoms. The van der Waals surface area contributed by atoms with E-state index < -0.39 is 0 Å². The van der Waals surface area contributed by atoms with Crippen LogP contribution in [0, 0.1) is 0 Å². The van der Waals surface area contributed by atoms with Gasteiger partial charge in [0, 0.05) is 29.3 Å². The summed E-state index contributed by atoms with van der Waals surface area (Å²) in [6.45, 7) is 8.03. The predicted molar refractivity (Wildman–Crippen MR) is 87.3 cm³/mol. The molecule has 0 amide bonds. The standard InChI is InChI=1S/C15H20BrN5/c1-3-17-11(2)13-5-4-12(16)8-14(13)20-6-7-21-10-18-19-15(21)9-20/h4-5,8,10-11,17H,3,6-7,9H2,1-2H3. The number of halogens is 1. The summed E-state index contributed by atoms with van der Waals surface area (Å²) in [7, 11) is 0. The van der Waals surface area contributed by atoms with Crippen LogP contribution in [0.2, 0.25) is 0 Å². The van der Waals surface area contributed by atoms with Gasteiger partial charge < -0.3 is 14.8 Å². The Kier molecular flexibility index (Phi) is 4.26. The maximum absolute atomic E-state index is 4.21. The monoisotopic (exact) mass is 349 g/mol. The minimum absolute atomic E-state index is 0.331. The van der Waals surface area contributed by atoms with E-state index in [0.717, 1.165) is 36.5 Å². The molecule has 1 unspecified atom stereocenters. The fourth-order valence-electron chi connectivity index (χ4n) is 2.84. The normalized spacial score (nSPS) is 15.9. The van der Waals surface area contributed by atoms with Crippen molar-refractivity contribution in [1.29, 1.82) is 0 Å². The summed E-state index contributed by atoms with van der Waals surface area (Å²) in [6, 6.07) is 6.85. The smallest absolute Gasteiger partial charge is 0.152 e. The minimum atomic E-state index is 0.331. The highest BCUT2D eigenvalue weighted by atomic mass is 79.9. The van der Waals surface area contributed by atoms with Crippen LogP contribution < -0.4 is 10.2 Å². The van der Waals surface area contributed by atoms with Crippen LogP contribution in [0.5, 0.6) is 0 Å². The van der Waals surface area contributed by atoms with Crippen molar-refractivity contribution in [3.63, 3.8) is 0 Å². The molecule has 0 bridgehead atoms. The Labute approximate surface area is 133 Å². The second kappa shape index (κ2) is 6.15. The molecular formula is C15H20BrN5. The fraction of sp³-hybridized carbons (Fsp3) is 0.467. The number of aromatic nitrogens is 3. The Morgan fingerprint density at radius 3 is 3.05 bits per heavy atom. The number of nitrogens with one attached hydrogen (secondary N) is 1. The number of fused-ring (bicyclic) bond motifs is 1. The van der Waals surface area contributed by atoms with Crippen molar-refractivity contribution in [3.8, 4) is 0 Å². The molecule has 1 aliphatic rings. The van der Waals surface area contributed by atoms with Gasteiger partial charge in [0.25, 0.3) is 0 Å². The summed E-state index contributed by atoms with van der Waals surface area (Å²) in [5.41, 5.74) is 2.60. The molecule has 0 saturated heterocycles. The van der Waals surface area contributed by atoms with Crippen LogP contribution in [0.3, 0.4) is 0 Å². The zero-order valence-corrected chi connectivity index (χ0v) is 14.0. The summed E-state index contributed by atoms with van der Waals surface area (Å²) in [5, 5.41) is 11.7. The molecule has 0 fully saturated rings. The molecule has 1 aliphatic heterocycles. The second-order valence-corrected chi connectivity index (χ2v) is 6.26. The van der Waals surface area contributed by atoms with Gasteiger partial charge >= 0.3 is 0 Å². The van der Waals surface area contributed by atoms with Crippen LogP contribution in [-0.4, -0.2) is 27.9 Å². The van der Waals surface area contributed by atoms with Crippen molar-refractivity contribution >= 4 is 21.6 Å². The highest BCUT2D eigenvalue weighted by Gasteiger charge is 2.21. The SMILES string of the molecule is CCNC(C)c1ccc(Br)cc1N1CCn2cnnc2C1. The molecule has 1 aromatic carbocycles. The lowest BCUT2D eigenvalue weighted by Crippen LogP contribution is -2.35. The van der Waals surface area contributed by atoms with Crippen LogP contribution in [0.1, 0.15) is 31.3 Å². The average Bonchev–Trinajstić information content (AvgIpc) is 2.94. The van der Waals surface area contributed by atoms with E-state index in [9.17, 15) is 0 Å². The molecule has 6 heteroatoms. The molecule has 112 valence electrons. The third-order valence-corrected chi connectivity index (χ3v) is 4.44. The molecule has 1 atom stereocenters. The molecule has 0 radical (unpaired) electrons. The van der Waals surface area contributed by atoms with Crippen LogP contribution >= 0.6 is 15.9 Å². The first-order chi connectivity index (χ1) is 10.2. The minimum Gasteiger partial charge on any atom is -0.362 e. The Morgan fingerprint density at radius 2 is 2.24 bits per heavy atom. The van der Waals surface area contributed by atoms with Crippen molar-refractivity contribution in [2.45, 2.75) is 33.0 Å². The predicted octanol–water partition coefficient (Wildman–Crippen LogP) is 2.73. The van der Waals surface area contributed by atoms with E-state index in [4.69, 9.17) is 0 Å². The van der Waals surface area contributed by atoms with Crippen LogP contribution in [-0.2, 0) is 13.1 Å². The van der Waals surface area contributed by atoms with Gasteiger partial charge in [-0.15, -0.1) is 10.2 Å². The Bertz CT molecular complexity index is 624. The lowest BCUT2D eigenvalue weighted by atomic mass is 10.0. The van der Waals surface area contributed by atoms with Crippen molar-refractivity contribution < 1.29 is 0 Å². The number of hydrogen-bond donors (Lipinski definition) is 1. The van der Waals surface area contributed by atoms with Gasteiger partial charge in [-0.05, 0) is 31.2 Å². The lowest BCUT2D eigenvalue weighted by Gasteiger charge is -2.32. The maximum atomic E-state index is 4.21. The number of hydrogen-bond acceptors (Lipinski definition) is 4. The molecule has 2 heterocycles. The first-order valence-corrected chi connectivity index (χ1v) is 8.12. The Balaban J connectivity index is 1.92. The summed E-state index contributed by atoms with van der Waals surface area (Å²) >= 11 is 3.60. The van der Waals surface area contributed by atoms with E-state index in [1.807, 2.05) is 6.33 Å². The third-order valence-electron chi connectivity index (χ3n) is 3.95. The first kappa shape index (κ1) is 14.5. The van der Waals surface area contributed by atoms with E-state index in [1.165, 1.54) is 11.3 Å². The van der Waals surface area contributed by atoms with E-state index >= 15 is 0 Å². The molecule has 0 saturated carbocycles. The van der Waals surface area contributed by atoms with Crippen LogP contribution in [0.15, 0.2) is 29.0 Å². The summed E-state index contributed by atoms with van der Waals surface area (Å²) in [4.78, 5) is 2.39. The molecule has 1 N–H and O–H groups in total. The highest BCUT2D eigenvalue weighted by molar-refractivity contribution is 9.10. The topological polar surface area (TPSA) is 46.0 Å². The van der Waals surface area contributed by atoms with Gasteiger partial charge in [-0.3, -0.25) is 0 Å². The number of rotatable bonds is 4. The van der Waals surface area contributed by atoms with Crippen molar-refractivity contribution in [2.75, 3.05) is 18.0 Å². The van der Waals surface area contributed by atoms with Crippen LogP contribution in [0.4, 0.5) is 5.69 Å². The van der Waals surface area contributed by atoms with Gasteiger partial charge in [0.1, 0.15) is 6.33 Å². The molecule has 3 rings (SSSR count). The summed E-state index contributed by atoms with van der Waals surface area (Å²) < 4.78 is 3.24. The van der Waals surface area contributed by atoms with Crippen molar-refractivity contribution in [1.82, 2.24) is 20.1 Å². The second-order valence-electron chi connectivity index (χ2n) is 5.34. The van der Waals surface area contributed by atoms with Gasteiger partial charge in [0.15, 0.2) is 5.82 Å². The number of nitrogens with zero attached hydrogens (tertiary/aromatic N) is 4.